The molecule has 0 radical (unpaired) electrons. The van der Waals surface area contributed by atoms with Crippen molar-refractivity contribution in [2.45, 2.75) is 63.3 Å². The van der Waals surface area contributed by atoms with Crippen LogP contribution in [0.5, 0.6) is 0 Å². The SMILES string of the molecule is CC(C)(C)OC(=O)C(N)(CC1(F)CCC1)C(=O)O. The van der Waals surface area contributed by atoms with E-state index < -0.39 is 35.2 Å². The van der Waals surface area contributed by atoms with E-state index >= 15 is 0 Å². The van der Waals surface area contributed by atoms with Gasteiger partial charge in [0.25, 0.3) is 0 Å². The fourth-order valence-electron chi connectivity index (χ4n) is 1.84. The fraction of sp³-hybridized carbons (Fsp3) is 0.833. The molecule has 1 aliphatic carbocycles. The van der Waals surface area contributed by atoms with Gasteiger partial charge < -0.3 is 15.6 Å². The number of carboxylic acids is 1. The van der Waals surface area contributed by atoms with Crippen LogP contribution in [-0.4, -0.2) is 33.9 Å². The van der Waals surface area contributed by atoms with Crippen LogP contribution >= 0.6 is 0 Å². The average molecular weight is 261 g/mol. The van der Waals surface area contributed by atoms with E-state index in [9.17, 15) is 14.0 Å². The molecule has 0 saturated heterocycles. The summed E-state index contributed by atoms with van der Waals surface area (Å²) in [6.07, 6.45) is 0.620. The lowest BCUT2D eigenvalue weighted by Crippen LogP contribution is -2.61. The molecule has 0 spiro atoms. The molecule has 0 aliphatic heterocycles. The molecule has 1 rings (SSSR count). The van der Waals surface area contributed by atoms with Crippen LogP contribution in [0.25, 0.3) is 0 Å². The van der Waals surface area contributed by atoms with Gasteiger partial charge in [0.2, 0.25) is 5.54 Å². The Hall–Kier alpha value is -1.17. The minimum atomic E-state index is -2.32. The summed E-state index contributed by atoms with van der Waals surface area (Å²) in [5, 5.41) is 9.09. The molecule has 6 heteroatoms. The maximum Gasteiger partial charge on any atom is 0.338 e. The first-order chi connectivity index (χ1) is 7.99. The molecule has 0 heterocycles. The summed E-state index contributed by atoms with van der Waals surface area (Å²) in [7, 11) is 0. The molecule has 0 amide bonds. The van der Waals surface area contributed by atoms with E-state index in [-0.39, 0.29) is 12.8 Å². The topological polar surface area (TPSA) is 89.6 Å². The van der Waals surface area contributed by atoms with E-state index in [1.165, 1.54) is 0 Å². The molecular formula is C12H20FNO4. The van der Waals surface area contributed by atoms with Crippen molar-refractivity contribution in [1.82, 2.24) is 0 Å². The third-order valence-corrected chi connectivity index (χ3v) is 2.99. The molecule has 0 aromatic rings. The maximum atomic E-state index is 14.0. The van der Waals surface area contributed by atoms with Gasteiger partial charge in [0, 0.05) is 6.42 Å². The number of carbonyl (C=O) groups is 2. The van der Waals surface area contributed by atoms with E-state index in [2.05, 4.69) is 0 Å². The number of hydrogen-bond acceptors (Lipinski definition) is 4. The predicted octanol–water partition coefficient (Wildman–Crippen LogP) is 1.39. The van der Waals surface area contributed by atoms with Gasteiger partial charge in [0.05, 0.1) is 0 Å². The second kappa shape index (κ2) is 4.50. The van der Waals surface area contributed by atoms with Crippen molar-refractivity contribution in [2.24, 2.45) is 5.73 Å². The average Bonchev–Trinajstić information content (AvgIpc) is 2.11. The molecule has 3 N–H and O–H groups in total. The Kier molecular flexibility index (Phi) is 3.72. The van der Waals surface area contributed by atoms with Gasteiger partial charge in [-0.25, -0.2) is 14.0 Å². The smallest absolute Gasteiger partial charge is 0.338 e. The lowest BCUT2D eigenvalue weighted by molar-refractivity contribution is -0.172. The van der Waals surface area contributed by atoms with Gasteiger partial charge in [0.15, 0.2) is 0 Å². The molecule has 1 unspecified atom stereocenters. The number of halogens is 1. The van der Waals surface area contributed by atoms with Crippen molar-refractivity contribution in [3.8, 4) is 0 Å². The van der Waals surface area contributed by atoms with Crippen LogP contribution in [0.1, 0.15) is 46.5 Å². The van der Waals surface area contributed by atoms with Gasteiger partial charge in [-0.1, -0.05) is 0 Å². The molecule has 18 heavy (non-hydrogen) atoms. The summed E-state index contributed by atoms with van der Waals surface area (Å²) in [6.45, 7) is 4.80. The zero-order chi connectivity index (χ0) is 14.2. The zero-order valence-corrected chi connectivity index (χ0v) is 11.0. The first-order valence-electron chi connectivity index (χ1n) is 5.93. The predicted molar refractivity (Wildman–Crippen MR) is 62.7 cm³/mol. The molecule has 0 bridgehead atoms. The molecule has 1 aliphatic rings. The molecular weight excluding hydrogens is 241 g/mol. The Labute approximate surface area is 105 Å². The summed E-state index contributed by atoms with van der Waals surface area (Å²) >= 11 is 0. The number of carbonyl (C=O) groups excluding carboxylic acids is 1. The molecule has 104 valence electrons. The van der Waals surface area contributed by atoms with E-state index in [4.69, 9.17) is 15.6 Å². The van der Waals surface area contributed by atoms with E-state index in [1.54, 1.807) is 20.8 Å². The van der Waals surface area contributed by atoms with Crippen molar-refractivity contribution >= 4 is 11.9 Å². The van der Waals surface area contributed by atoms with Crippen molar-refractivity contribution < 1.29 is 23.8 Å². The minimum Gasteiger partial charge on any atom is -0.479 e. The van der Waals surface area contributed by atoms with Crippen LogP contribution in [0.4, 0.5) is 4.39 Å². The molecule has 5 nitrogen and oxygen atoms in total. The highest BCUT2D eigenvalue weighted by Crippen LogP contribution is 2.42. The zero-order valence-electron chi connectivity index (χ0n) is 11.0. The van der Waals surface area contributed by atoms with Crippen LogP contribution in [0.15, 0.2) is 0 Å². The number of nitrogens with two attached hydrogens (primary N) is 1. The summed E-state index contributed by atoms with van der Waals surface area (Å²) < 4.78 is 19.0. The minimum absolute atomic E-state index is 0.238. The van der Waals surface area contributed by atoms with Crippen molar-refractivity contribution in [3.63, 3.8) is 0 Å². The van der Waals surface area contributed by atoms with Gasteiger partial charge >= 0.3 is 11.9 Å². The number of ether oxygens (including phenoxy) is 1. The summed E-state index contributed by atoms with van der Waals surface area (Å²) in [5.74, 6) is -2.65. The number of alkyl halides is 1. The molecule has 1 fully saturated rings. The first kappa shape index (κ1) is 14.9. The Morgan fingerprint density at radius 2 is 1.89 bits per heavy atom. The van der Waals surface area contributed by atoms with Gasteiger partial charge in [0.1, 0.15) is 11.3 Å². The second-order valence-electron chi connectivity index (χ2n) is 5.96. The Bertz CT molecular complexity index is 360. The second-order valence-corrected chi connectivity index (χ2v) is 5.96. The highest BCUT2D eigenvalue weighted by molar-refractivity contribution is 6.04. The summed E-state index contributed by atoms with van der Waals surface area (Å²) in [4.78, 5) is 23.0. The third kappa shape index (κ3) is 3.19. The summed E-state index contributed by atoms with van der Waals surface area (Å²) in [6, 6.07) is 0. The van der Waals surface area contributed by atoms with Gasteiger partial charge in [-0.3, -0.25) is 0 Å². The highest BCUT2D eigenvalue weighted by Gasteiger charge is 2.53. The maximum absolute atomic E-state index is 14.0. The lowest BCUT2D eigenvalue weighted by atomic mass is 9.73. The van der Waals surface area contributed by atoms with E-state index in [0.29, 0.717) is 6.42 Å². The molecule has 0 aromatic carbocycles. The number of carboxylic acid groups (broad SMARTS) is 1. The summed E-state index contributed by atoms with van der Waals surface area (Å²) in [5.41, 5.74) is 0.732. The normalized spacial score (nSPS) is 21.6. The van der Waals surface area contributed by atoms with Gasteiger partial charge in [-0.2, -0.15) is 0 Å². The number of hydrogen-bond donors (Lipinski definition) is 2. The number of aliphatic carboxylic acids is 1. The van der Waals surface area contributed by atoms with Crippen LogP contribution in [0.2, 0.25) is 0 Å². The fourth-order valence-corrected chi connectivity index (χ4v) is 1.84. The number of esters is 1. The number of rotatable bonds is 4. The quantitative estimate of drug-likeness (QED) is 0.589. The van der Waals surface area contributed by atoms with Crippen molar-refractivity contribution in [3.05, 3.63) is 0 Å². The standard InChI is InChI=1S/C12H20FNO4/c1-10(2,3)18-9(17)12(14,8(15)16)7-11(13)5-4-6-11/h4-7,14H2,1-3H3,(H,15,16). The monoisotopic (exact) mass is 261 g/mol. The third-order valence-electron chi connectivity index (χ3n) is 2.99. The van der Waals surface area contributed by atoms with Gasteiger partial charge in [-0.15, -0.1) is 0 Å². The lowest BCUT2D eigenvalue weighted by Gasteiger charge is -2.39. The first-order valence-corrected chi connectivity index (χ1v) is 5.93. The molecule has 0 aromatic heterocycles. The van der Waals surface area contributed by atoms with Crippen molar-refractivity contribution in [1.29, 1.82) is 0 Å². The Morgan fingerprint density at radius 1 is 1.39 bits per heavy atom. The molecule has 1 saturated carbocycles. The Balaban J connectivity index is 2.86. The van der Waals surface area contributed by atoms with E-state index in [0.717, 1.165) is 0 Å². The van der Waals surface area contributed by atoms with Crippen LogP contribution in [0, 0.1) is 0 Å². The van der Waals surface area contributed by atoms with Crippen LogP contribution in [-0.2, 0) is 14.3 Å². The van der Waals surface area contributed by atoms with Gasteiger partial charge in [-0.05, 0) is 40.0 Å². The highest BCUT2D eigenvalue weighted by atomic mass is 19.1. The largest absolute Gasteiger partial charge is 0.479 e. The van der Waals surface area contributed by atoms with Crippen molar-refractivity contribution in [2.75, 3.05) is 0 Å². The van der Waals surface area contributed by atoms with Crippen LogP contribution in [0.3, 0.4) is 0 Å². The Morgan fingerprint density at radius 3 is 2.17 bits per heavy atom. The van der Waals surface area contributed by atoms with E-state index in [1.807, 2.05) is 0 Å². The van der Waals surface area contributed by atoms with Crippen LogP contribution < -0.4 is 5.73 Å². The molecule has 1 atom stereocenters.